The summed E-state index contributed by atoms with van der Waals surface area (Å²) in [7, 11) is 38.5. The van der Waals surface area contributed by atoms with Crippen LogP contribution in [0.3, 0.4) is 0 Å². The van der Waals surface area contributed by atoms with E-state index in [1.165, 1.54) is 146 Å². The molecule has 0 amide bonds. The minimum atomic E-state index is -0.106. The van der Waals surface area contributed by atoms with Gasteiger partial charge in [0.15, 0.2) is 0 Å². The molecule has 806 valence electrons. The Balaban J connectivity index is 0.000000303. The van der Waals surface area contributed by atoms with E-state index in [0.717, 1.165) is 38.8 Å². The summed E-state index contributed by atoms with van der Waals surface area (Å²) >= 11 is 21.5. The molecule has 1 fully saturated rings. The molecule has 0 aliphatic carbocycles. The first-order chi connectivity index (χ1) is 69.8. The molecule has 0 saturated carbocycles. The second-order valence-corrected chi connectivity index (χ2v) is 48.4. The summed E-state index contributed by atoms with van der Waals surface area (Å²) in [5, 5.41) is 2.73. The van der Waals surface area contributed by atoms with E-state index in [1.807, 2.05) is 0 Å². The van der Waals surface area contributed by atoms with Crippen LogP contribution in [0.4, 0.5) is 45.5 Å². The van der Waals surface area contributed by atoms with Gasteiger partial charge in [-0.15, -0.1) is 20.0 Å². The molecule has 8 heterocycles. The SMILES string of the molecule is CC(C)c1cccc(C(C)C)c1N1C=CN(c2c(C(C)C)cccc2C(C)C)[CH-]1.CC(C)c1cccc(C(C)C)c1N1[CH-]N(c2c(C(C)C)cccc2C(C)C)CC1.CCc1cccc(CC)c1N1C=CN(c2c(CC)cccc2CC)[CH-]1.Cc1cc(C)c(N2C=CN(c3c(C)cc(C)cc3C)[CH-]2)c(C)c1.Clc1cccnc1.Clc1cccnc1.Clc1cccnc1.Clc1cccnc1.[Cl][Pd][Cl].[Cl][Pd][Cl].[Cl][Pd][Cl].[Cl][Pd][Cl]. The van der Waals surface area contributed by atoms with Crippen molar-refractivity contribution in [3.05, 3.63) is 416 Å². The first-order valence-corrected chi connectivity index (χ1v) is 66.4. The van der Waals surface area contributed by atoms with Gasteiger partial charge in [0.25, 0.3) is 0 Å². The van der Waals surface area contributed by atoms with E-state index < -0.39 is 0 Å². The number of benzene rings is 8. The fourth-order valence-corrected chi connectivity index (χ4v) is 18.1. The monoisotopic (exact) mass is 2570 g/mol. The zero-order valence-electron chi connectivity index (χ0n) is 88.7. The minimum absolute atomic E-state index is 0.106. The summed E-state index contributed by atoms with van der Waals surface area (Å²) in [5.41, 5.74) is 35.7. The number of anilines is 8. The van der Waals surface area contributed by atoms with Crippen LogP contribution < -0.4 is 39.2 Å². The maximum absolute atomic E-state index is 5.48. The maximum atomic E-state index is 5.48. The van der Waals surface area contributed by atoms with E-state index in [-0.39, 0.29) is 63.8 Å². The van der Waals surface area contributed by atoms with E-state index >= 15 is 0 Å². The molecule has 12 nitrogen and oxygen atoms in total. The van der Waals surface area contributed by atoms with E-state index in [1.54, 1.807) is 98.1 Å². The van der Waals surface area contributed by atoms with Crippen LogP contribution in [-0.2, 0) is 89.4 Å². The van der Waals surface area contributed by atoms with Gasteiger partial charge in [0.2, 0.25) is 0 Å². The number of halogens is 12. The third-order valence-corrected chi connectivity index (χ3v) is 24.9. The summed E-state index contributed by atoms with van der Waals surface area (Å²) in [6.45, 7) is 69.8. The predicted molar refractivity (Wildman–Crippen MR) is 628 cm³/mol. The van der Waals surface area contributed by atoms with Crippen molar-refractivity contribution in [3.8, 4) is 0 Å². The van der Waals surface area contributed by atoms with Gasteiger partial charge in [-0.3, -0.25) is 19.9 Å². The van der Waals surface area contributed by atoms with Crippen molar-refractivity contribution < 1.29 is 63.8 Å². The molecule has 0 spiro atoms. The topological polar surface area (TPSA) is 77.5 Å². The third kappa shape index (κ3) is 41.5. The number of nitrogens with zero attached hydrogens (tertiary/aromatic N) is 12. The quantitative estimate of drug-likeness (QED) is 0.0539. The number of aryl methyl sites for hydroxylation is 10. The van der Waals surface area contributed by atoms with Gasteiger partial charge in [-0.1, -0.05) is 329 Å². The molecule has 0 N–H and O–H groups in total. The van der Waals surface area contributed by atoms with Crippen molar-refractivity contribution in [1.82, 2.24) is 19.9 Å². The van der Waals surface area contributed by atoms with Gasteiger partial charge in [-0.05, 0) is 289 Å². The predicted octanol–water partition coefficient (Wildman–Crippen LogP) is 39.5. The van der Waals surface area contributed by atoms with Gasteiger partial charge >= 0.3 is 140 Å². The summed E-state index contributed by atoms with van der Waals surface area (Å²) in [4.78, 5) is 33.7. The molecule has 0 radical (unpaired) electrons. The van der Waals surface area contributed by atoms with Crippen molar-refractivity contribution in [1.29, 1.82) is 0 Å². The third-order valence-electron chi connectivity index (χ3n) is 24.0. The van der Waals surface area contributed by atoms with Crippen LogP contribution in [0.2, 0.25) is 20.1 Å². The Kier molecular flexibility index (Phi) is 63.0. The Morgan fingerprint density at radius 2 is 0.425 bits per heavy atom. The average Bonchev–Trinajstić information content (AvgIpc) is 1.62. The molecular formula is C118H146Cl12N12Pd4-4. The van der Waals surface area contributed by atoms with Gasteiger partial charge in [0.05, 0.1) is 20.1 Å². The molecule has 4 aromatic heterocycles. The second kappa shape index (κ2) is 70.4. The average molecular weight is 2580 g/mol. The van der Waals surface area contributed by atoms with Crippen molar-refractivity contribution in [2.45, 2.75) is 253 Å². The molecule has 28 heteroatoms. The number of aromatic nitrogens is 4. The van der Waals surface area contributed by atoms with Gasteiger partial charge < -0.3 is 39.2 Å². The van der Waals surface area contributed by atoms with E-state index in [9.17, 15) is 0 Å². The van der Waals surface area contributed by atoms with Crippen LogP contribution in [0.1, 0.15) is 286 Å². The molecule has 0 atom stereocenters. The first kappa shape index (κ1) is 131. The van der Waals surface area contributed by atoms with Crippen LogP contribution in [0.5, 0.6) is 0 Å². The van der Waals surface area contributed by atoms with Crippen LogP contribution >= 0.6 is 123 Å². The van der Waals surface area contributed by atoms with Crippen LogP contribution in [0.25, 0.3) is 0 Å². The standard InChI is InChI=1S/C27H39N2.C27H37N2.C23H29N2.C21H25N2.4C5H4ClN.8ClH.4Pd/c2*1-18(2)22-11-9-12-23(19(3)4)26(22)28-15-16-29(17-28)27-24(20(5)6)13-10-14-25(27)21(7)8;1-5-18-11-9-12-19(6-2)22(18)24-15-16-25(17-24)23-20(7-3)13-10-14-21(23)8-4;1-14-9-16(3)20(17(4)10-14)22-7-8-23(13-22)21-18(5)11-15(2)12-19(21)6;4*6-5-2-1-3-7-4-5;;;;;;;;;;;;/h9-14,17-21H,15-16H2,1-8H3;9-21H,1-8H3;9-17H,5-8H2,1-4H3;7-13H,1-6H3;4*1-4H;8*1H;;;;/q4*-1;;;;;;;;;;;;;4*+2/p-8. The molecule has 4 aliphatic heterocycles. The normalized spacial score (nSPS) is 12.6. The van der Waals surface area contributed by atoms with Gasteiger partial charge in [-0.2, -0.15) is 6.67 Å². The zero-order valence-corrected chi connectivity index (χ0v) is 104. The Hall–Kier alpha value is -5.89. The molecular weight excluding hydrogens is 2440 g/mol. The molecule has 8 aromatic carbocycles. The summed E-state index contributed by atoms with van der Waals surface area (Å²) < 4.78 is 0. The van der Waals surface area contributed by atoms with Crippen molar-refractivity contribution in [2.75, 3.05) is 52.3 Å². The molecule has 0 unspecified atom stereocenters. The van der Waals surface area contributed by atoms with Gasteiger partial charge in [-0.25, -0.2) is 0 Å². The second-order valence-electron chi connectivity index (χ2n) is 37.2. The van der Waals surface area contributed by atoms with Crippen molar-refractivity contribution in [2.24, 2.45) is 0 Å². The van der Waals surface area contributed by atoms with Crippen molar-refractivity contribution >= 4 is 168 Å². The number of hydrogen-bond donors (Lipinski definition) is 0. The Labute approximate surface area is 962 Å². The van der Waals surface area contributed by atoms with Gasteiger partial charge in [0.1, 0.15) is 0 Å². The van der Waals surface area contributed by atoms with E-state index in [2.05, 4.69) is 436 Å². The summed E-state index contributed by atoms with van der Waals surface area (Å²) in [6, 6.07) is 63.9. The fourth-order valence-electron chi connectivity index (χ4n) is 17.6. The molecule has 16 rings (SSSR count). The van der Waals surface area contributed by atoms with Crippen LogP contribution in [0, 0.1) is 68.2 Å². The number of rotatable bonds is 20. The molecule has 4 aliphatic rings. The Morgan fingerprint density at radius 3 is 0.589 bits per heavy atom. The summed E-state index contributed by atoms with van der Waals surface area (Å²) in [6.07, 6.45) is 30.4. The van der Waals surface area contributed by atoms with Gasteiger partial charge in [0, 0.05) is 108 Å². The molecule has 146 heavy (non-hydrogen) atoms. The number of para-hydroxylation sites is 6. The summed E-state index contributed by atoms with van der Waals surface area (Å²) in [5.74, 6) is 3.98. The number of pyridine rings is 4. The van der Waals surface area contributed by atoms with E-state index in [4.69, 9.17) is 123 Å². The van der Waals surface area contributed by atoms with Crippen LogP contribution in [-0.4, -0.2) is 33.0 Å². The van der Waals surface area contributed by atoms with E-state index in [0.29, 0.717) is 67.4 Å². The molecule has 0 bridgehead atoms. The Bertz CT molecular complexity index is 5270. The molecule has 12 aromatic rings. The fraction of sp³-hybridized carbons (Fsp3) is 0.339. The first-order valence-electron chi connectivity index (χ1n) is 48.9. The van der Waals surface area contributed by atoms with Crippen molar-refractivity contribution in [3.63, 3.8) is 0 Å². The van der Waals surface area contributed by atoms with Crippen LogP contribution in [0.15, 0.2) is 269 Å². The Morgan fingerprint density at radius 1 is 0.247 bits per heavy atom. The zero-order chi connectivity index (χ0) is 108. The molecule has 1 saturated heterocycles. The number of hydrogen-bond acceptors (Lipinski definition) is 12.